The van der Waals surface area contributed by atoms with Crippen LogP contribution in [0.25, 0.3) is 0 Å². The van der Waals surface area contributed by atoms with Gasteiger partial charge in [0.15, 0.2) is 0 Å². The van der Waals surface area contributed by atoms with E-state index in [1.165, 1.54) is 12.0 Å². The van der Waals surface area contributed by atoms with Crippen LogP contribution in [0.5, 0.6) is 0 Å². The van der Waals surface area contributed by atoms with Crippen molar-refractivity contribution in [3.8, 4) is 0 Å². The average molecular weight is 327 g/mol. The van der Waals surface area contributed by atoms with Crippen LogP contribution >= 0.6 is 11.3 Å². The van der Waals surface area contributed by atoms with E-state index < -0.39 is 0 Å². The highest BCUT2D eigenvalue weighted by Crippen LogP contribution is 2.28. The Morgan fingerprint density at radius 2 is 2.09 bits per heavy atom. The monoisotopic (exact) mass is 327 g/mol. The Morgan fingerprint density at radius 3 is 2.87 bits per heavy atom. The molecule has 0 saturated carbocycles. The van der Waals surface area contributed by atoms with Crippen molar-refractivity contribution in [3.63, 3.8) is 0 Å². The quantitative estimate of drug-likeness (QED) is 0.851. The van der Waals surface area contributed by atoms with Crippen LogP contribution in [0.2, 0.25) is 0 Å². The van der Waals surface area contributed by atoms with Gasteiger partial charge in [0.2, 0.25) is 0 Å². The van der Waals surface area contributed by atoms with E-state index in [2.05, 4.69) is 21.3 Å². The van der Waals surface area contributed by atoms with Gasteiger partial charge in [0.05, 0.1) is 5.56 Å². The van der Waals surface area contributed by atoms with E-state index in [0.717, 1.165) is 39.0 Å². The normalized spacial score (nSPS) is 19.6. The molecular weight excluding hydrogens is 306 g/mol. The number of pyridine rings is 1. The summed E-state index contributed by atoms with van der Waals surface area (Å²) in [4.78, 5) is 22.7. The topological polar surface area (TPSA) is 36.4 Å². The number of rotatable bonds is 2. The number of hydrogen-bond donors (Lipinski definition) is 0. The van der Waals surface area contributed by atoms with Crippen LogP contribution in [0.3, 0.4) is 0 Å². The Labute approximate surface area is 140 Å². The molecule has 1 fully saturated rings. The number of fused-ring (bicyclic) bond motifs is 1. The Balaban J connectivity index is 1.36. The third kappa shape index (κ3) is 3.03. The summed E-state index contributed by atoms with van der Waals surface area (Å²) in [6, 6.07) is 6.56. The highest BCUT2D eigenvalue weighted by atomic mass is 32.1. The maximum absolute atomic E-state index is 12.5. The summed E-state index contributed by atoms with van der Waals surface area (Å²) < 4.78 is 0. The van der Waals surface area contributed by atoms with Gasteiger partial charge >= 0.3 is 0 Å². The molecule has 0 aromatic carbocycles. The number of amides is 1. The number of carbonyl (C=O) groups excluding carboxylic acids is 1. The van der Waals surface area contributed by atoms with E-state index >= 15 is 0 Å². The summed E-state index contributed by atoms with van der Waals surface area (Å²) in [7, 11) is 0. The number of piperidine rings is 1. The zero-order chi connectivity index (χ0) is 15.6. The van der Waals surface area contributed by atoms with Crippen molar-refractivity contribution in [3.05, 3.63) is 52.0 Å². The molecule has 0 unspecified atom stereocenters. The molecule has 23 heavy (non-hydrogen) atoms. The molecule has 0 radical (unpaired) electrons. The molecule has 0 aliphatic carbocycles. The number of thiophene rings is 1. The second-order valence-corrected chi connectivity index (χ2v) is 7.36. The van der Waals surface area contributed by atoms with Crippen LogP contribution in [0.1, 0.15) is 33.6 Å². The lowest BCUT2D eigenvalue weighted by Crippen LogP contribution is -2.47. The Kier molecular flexibility index (Phi) is 4.14. The summed E-state index contributed by atoms with van der Waals surface area (Å²) in [6.45, 7) is 3.95. The number of likely N-dealkylation sites (tertiary alicyclic amines) is 1. The lowest BCUT2D eigenvalue weighted by molar-refractivity contribution is 0.0600. The van der Waals surface area contributed by atoms with Crippen molar-refractivity contribution in [1.82, 2.24) is 14.8 Å². The van der Waals surface area contributed by atoms with Crippen LogP contribution in [-0.4, -0.2) is 46.4 Å². The maximum Gasteiger partial charge on any atom is 0.255 e. The SMILES string of the molecule is O=C(c1cccnc1)N1CCC(N2CCc3sccc3C2)CC1. The van der Waals surface area contributed by atoms with E-state index in [0.29, 0.717) is 11.6 Å². The van der Waals surface area contributed by atoms with Crippen molar-refractivity contribution >= 4 is 17.2 Å². The van der Waals surface area contributed by atoms with Crippen molar-refractivity contribution < 1.29 is 4.79 Å². The number of nitrogens with zero attached hydrogens (tertiary/aromatic N) is 3. The van der Waals surface area contributed by atoms with Crippen molar-refractivity contribution in [1.29, 1.82) is 0 Å². The van der Waals surface area contributed by atoms with Gasteiger partial charge < -0.3 is 4.90 Å². The molecule has 0 spiro atoms. The molecule has 4 heterocycles. The van der Waals surface area contributed by atoms with Gasteiger partial charge in [0, 0.05) is 49.5 Å². The van der Waals surface area contributed by atoms with Crippen LogP contribution in [0, 0.1) is 0 Å². The van der Waals surface area contributed by atoms with Crippen LogP contribution in [-0.2, 0) is 13.0 Å². The fraction of sp³-hybridized carbons (Fsp3) is 0.444. The van der Waals surface area contributed by atoms with Crippen LogP contribution < -0.4 is 0 Å². The second kappa shape index (κ2) is 6.42. The molecule has 2 aromatic rings. The summed E-state index contributed by atoms with van der Waals surface area (Å²) in [5, 5.41) is 2.21. The largest absolute Gasteiger partial charge is 0.338 e. The maximum atomic E-state index is 12.5. The van der Waals surface area contributed by atoms with Crippen molar-refractivity contribution in [2.45, 2.75) is 31.8 Å². The highest BCUT2D eigenvalue weighted by Gasteiger charge is 2.29. The summed E-state index contributed by atoms with van der Waals surface area (Å²) in [6.07, 6.45) is 6.70. The van der Waals surface area contributed by atoms with Gasteiger partial charge in [-0.05, 0) is 48.4 Å². The highest BCUT2D eigenvalue weighted by molar-refractivity contribution is 7.10. The Bertz CT molecular complexity index is 677. The fourth-order valence-electron chi connectivity index (χ4n) is 3.69. The van der Waals surface area contributed by atoms with Gasteiger partial charge in [0.1, 0.15) is 0 Å². The smallest absolute Gasteiger partial charge is 0.255 e. The standard InChI is InChI=1S/C18H21N3OS/c22-18(14-2-1-7-19-12-14)20-8-3-16(4-9-20)21-10-5-17-15(13-21)6-11-23-17/h1-2,6-7,11-12,16H,3-5,8-10,13H2. The predicted octanol–water partition coefficient (Wildman–Crippen LogP) is 2.81. The molecule has 1 amide bonds. The molecule has 2 aromatic heterocycles. The van der Waals surface area contributed by atoms with Gasteiger partial charge in [-0.25, -0.2) is 0 Å². The minimum absolute atomic E-state index is 0.121. The first-order valence-electron chi connectivity index (χ1n) is 8.30. The predicted molar refractivity (Wildman–Crippen MR) is 91.6 cm³/mol. The Hall–Kier alpha value is -1.72. The van der Waals surface area contributed by atoms with E-state index in [1.807, 2.05) is 28.4 Å². The van der Waals surface area contributed by atoms with Crippen LogP contribution in [0.4, 0.5) is 0 Å². The van der Waals surface area contributed by atoms with E-state index in [4.69, 9.17) is 0 Å². The molecule has 5 heteroatoms. The molecular formula is C18H21N3OS. The summed E-state index contributed by atoms with van der Waals surface area (Å²) in [5.41, 5.74) is 2.21. The number of carbonyl (C=O) groups is 1. The molecule has 4 rings (SSSR count). The number of hydrogen-bond acceptors (Lipinski definition) is 4. The zero-order valence-corrected chi connectivity index (χ0v) is 14.0. The van der Waals surface area contributed by atoms with Gasteiger partial charge in [-0.15, -0.1) is 11.3 Å². The number of aromatic nitrogens is 1. The van der Waals surface area contributed by atoms with Crippen molar-refractivity contribution in [2.24, 2.45) is 0 Å². The summed E-state index contributed by atoms with van der Waals surface area (Å²) in [5.74, 6) is 0.121. The minimum Gasteiger partial charge on any atom is -0.338 e. The first kappa shape index (κ1) is 14.8. The molecule has 120 valence electrons. The van der Waals surface area contributed by atoms with E-state index in [1.54, 1.807) is 17.3 Å². The molecule has 2 aliphatic heterocycles. The molecule has 0 bridgehead atoms. The average Bonchev–Trinajstić information content (AvgIpc) is 3.10. The van der Waals surface area contributed by atoms with Gasteiger partial charge in [-0.1, -0.05) is 0 Å². The van der Waals surface area contributed by atoms with Gasteiger partial charge in [-0.3, -0.25) is 14.7 Å². The molecule has 1 saturated heterocycles. The molecule has 0 N–H and O–H groups in total. The van der Waals surface area contributed by atoms with Crippen molar-refractivity contribution in [2.75, 3.05) is 19.6 Å². The molecule has 4 nitrogen and oxygen atoms in total. The van der Waals surface area contributed by atoms with E-state index in [9.17, 15) is 4.79 Å². The summed E-state index contributed by atoms with van der Waals surface area (Å²) >= 11 is 1.89. The third-order valence-corrected chi connectivity index (χ3v) is 6.04. The van der Waals surface area contributed by atoms with Gasteiger partial charge in [-0.2, -0.15) is 0 Å². The van der Waals surface area contributed by atoms with E-state index in [-0.39, 0.29) is 5.91 Å². The Morgan fingerprint density at radius 1 is 1.22 bits per heavy atom. The fourth-order valence-corrected chi connectivity index (χ4v) is 4.58. The van der Waals surface area contributed by atoms with Gasteiger partial charge in [0.25, 0.3) is 5.91 Å². The first-order valence-corrected chi connectivity index (χ1v) is 9.18. The second-order valence-electron chi connectivity index (χ2n) is 6.35. The minimum atomic E-state index is 0.121. The molecule has 2 aliphatic rings. The molecule has 0 atom stereocenters. The first-order chi connectivity index (χ1) is 11.3. The third-order valence-electron chi connectivity index (χ3n) is 5.01. The zero-order valence-electron chi connectivity index (χ0n) is 13.1. The van der Waals surface area contributed by atoms with Crippen LogP contribution in [0.15, 0.2) is 36.0 Å². The lowest BCUT2D eigenvalue weighted by Gasteiger charge is -2.40. The lowest BCUT2D eigenvalue weighted by atomic mass is 9.99.